The normalized spacial score (nSPS) is 10.9. The lowest BCUT2D eigenvalue weighted by Gasteiger charge is -2.05. The van der Waals surface area contributed by atoms with E-state index in [1.54, 1.807) is 10.9 Å². The number of aromatic nitrogens is 5. The highest BCUT2D eigenvalue weighted by Gasteiger charge is 2.13. The second-order valence-corrected chi connectivity index (χ2v) is 4.91. The van der Waals surface area contributed by atoms with E-state index >= 15 is 0 Å². The van der Waals surface area contributed by atoms with Crippen LogP contribution in [0.15, 0.2) is 6.20 Å². The van der Waals surface area contributed by atoms with Gasteiger partial charge in [0, 0.05) is 13.6 Å². The maximum Gasteiger partial charge on any atom is 0.246 e. The molecule has 0 saturated heterocycles. The Hall–Kier alpha value is -2.22. The Labute approximate surface area is 123 Å². The number of rotatable bonds is 6. The van der Waals surface area contributed by atoms with Crippen LogP contribution in [-0.4, -0.2) is 37.2 Å². The maximum atomic E-state index is 12.1. The van der Waals surface area contributed by atoms with Gasteiger partial charge in [-0.25, -0.2) is 4.68 Å². The average molecular weight is 291 g/mol. The zero-order chi connectivity index (χ0) is 15.4. The van der Waals surface area contributed by atoms with Gasteiger partial charge in [-0.1, -0.05) is 12.1 Å². The molecule has 0 radical (unpaired) electrons. The summed E-state index contributed by atoms with van der Waals surface area (Å²) in [4.78, 5) is 12.1. The van der Waals surface area contributed by atoms with Crippen LogP contribution in [0.5, 0.6) is 0 Å². The molecule has 0 fully saturated rings. The van der Waals surface area contributed by atoms with Crippen LogP contribution in [0.1, 0.15) is 24.0 Å². The van der Waals surface area contributed by atoms with E-state index in [1.165, 1.54) is 4.68 Å². The minimum Gasteiger partial charge on any atom is -0.321 e. The highest BCUT2D eigenvalue weighted by molar-refractivity contribution is 5.91. The molecule has 0 atom stereocenters. The van der Waals surface area contributed by atoms with Gasteiger partial charge >= 0.3 is 0 Å². The van der Waals surface area contributed by atoms with Crippen LogP contribution >= 0.6 is 0 Å². The van der Waals surface area contributed by atoms with E-state index in [2.05, 4.69) is 26.0 Å². The molecule has 21 heavy (non-hydrogen) atoms. The Morgan fingerprint density at radius 1 is 1.38 bits per heavy atom. The molecule has 2 heterocycles. The van der Waals surface area contributed by atoms with Gasteiger partial charge in [0.05, 0.1) is 29.0 Å². The number of anilines is 1. The molecule has 2 rings (SSSR count). The van der Waals surface area contributed by atoms with Crippen molar-refractivity contribution in [3.05, 3.63) is 23.3 Å². The molecular weight excluding hydrogens is 270 g/mol. The summed E-state index contributed by atoms with van der Waals surface area (Å²) in [5.41, 5.74) is 3.30. The minimum absolute atomic E-state index is 0.132. The molecule has 2 aromatic rings. The third-order valence-corrected chi connectivity index (χ3v) is 3.22. The van der Waals surface area contributed by atoms with Crippen molar-refractivity contribution in [2.75, 3.05) is 11.9 Å². The summed E-state index contributed by atoms with van der Waals surface area (Å²) in [6, 6.07) is 0. The van der Waals surface area contributed by atoms with Gasteiger partial charge in [0.1, 0.15) is 6.54 Å². The summed E-state index contributed by atoms with van der Waals surface area (Å²) < 4.78 is 3.28. The molecule has 114 valence electrons. The third kappa shape index (κ3) is 3.66. The lowest BCUT2D eigenvalue weighted by molar-refractivity contribution is -0.116. The van der Waals surface area contributed by atoms with Gasteiger partial charge in [-0.3, -0.25) is 9.48 Å². The molecule has 0 aromatic carbocycles. The summed E-state index contributed by atoms with van der Waals surface area (Å²) >= 11 is 0. The van der Waals surface area contributed by atoms with Crippen molar-refractivity contribution in [2.45, 2.75) is 33.9 Å². The molecule has 0 spiro atoms. The van der Waals surface area contributed by atoms with E-state index in [0.717, 1.165) is 29.3 Å². The van der Waals surface area contributed by atoms with E-state index in [0.29, 0.717) is 6.54 Å². The van der Waals surface area contributed by atoms with Gasteiger partial charge in [-0.2, -0.15) is 5.10 Å². The van der Waals surface area contributed by atoms with Crippen molar-refractivity contribution >= 4 is 11.6 Å². The van der Waals surface area contributed by atoms with Gasteiger partial charge in [0.25, 0.3) is 0 Å². The Bertz CT molecular complexity index is 628. The molecule has 0 saturated carbocycles. The standard InChI is InChI=1S/C13H21N7O/c1-5-14-6-11-7-20(18-16-11)8-12(21)15-13-9(2)17-19(4)10(13)3/h7,14H,5-6,8H2,1-4H3,(H,15,21). The van der Waals surface area contributed by atoms with Crippen molar-refractivity contribution < 1.29 is 4.79 Å². The molecule has 0 aliphatic rings. The minimum atomic E-state index is -0.144. The Kier molecular flexibility index (Phi) is 4.69. The first-order valence-electron chi connectivity index (χ1n) is 6.91. The van der Waals surface area contributed by atoms with Crippen LogP contribution in [-0.2, 0) is 24.9 Å². The van der Waals surface area contributed by atoms with Crippen molar-refractivity contribution in [1.29, 1.82) is 0 Å². The van der Waals surface area contributed by atoms with Crippen LogP contribution in [0.2, 0.25) is 0 Å². The van der Waals surface area contributed by atoms with Crippen molar-refractivity contribution in [3.63, 3.8) is 0 Å². The monoisotopic (exact) mass is 291 g/mol. The summed E-state index contributed by atoms with van der Waals surface area (Å²) in [7, 11) is 1.85. The van der Waals surface area contributed by atoms with Crippen LogP contribution in [0.4, 0.5) is 5.69 Å². The van der Waals surface area contributed by atoms with Crippen LogP contribution in [0, 0.1) is 13.8 Å². The zero-order valence-corrected chi connectivity index (χ0v) is 12.8. The summed E-state index contributed by atoms with van der Waals surface area (Å²) in [6.45, 7) is 7.46. The maximum absolute atomic E-state index is 12.1. The number of hydrogen-bond donors (Lipinski definition) is 2. The van der Waals surface area contributed by atoms with Crippen molar-refractivity contribution in [2.24, 2.45) is 7.05 Å². The second kappa shape index (κ2) is 6.49. The lowest BCUT2D eigenvalue weighted by atomic mass is 10.3. The smallest absolute Gasteiger partial charge is 0.246 e. The SMILES string of the molecule is CCNCc1cn(CC(=O)Nc2c(C)nn(C)c2C)nn1. The number of hydrogen-bond acceptors (Lipinski definition) is 5. The highest BCUT2D eigenvalue weighted by Crippen LogP contribution is 2.18. The van der Waals surface area contributed by atoms with Gasteiger partial charge in [-0.15, -0.1) is 5.10 Å². The largest absolute Gasteiger partial charge is 0.321 e. The molecule has 1 amide bonds. The molecule has 0 unspecified atom stereocenters. The molecule has 2 N–H and O–H groups in total. The fraction of sp³-hybridized carbons (Fsp3) is 0.538. The van der Waals surface area contributed by atoms with E-state index in [-0.39, 0.29) is 12.5 Å². The summed E-state index contributed by atoms with van der Waals surface area (Å²) in [6.07, 6.45) is 1.77. The number of carbonyl (C=O) groups excluding carboxylic acids is 1. The fourth-order valence-electron chi connectivity index (χ4n) is 2.03. The molecular formula is C13H21N7O. The molecule has 0 aliphatic heterocycles. The predicted molar refractivity (Wildman–Crippen MR) is 78.7 cm³/mol. The van der Waals surface area contributed by atoms with Crippen LogP contribution in [0.25, 0.3) is 0 Å². The van der Waals surface area contributed by atoms with Crippen molar-refractivity contribution in [1.82, 2.24) is 30.1 Å². The van der Waals surface area contributed by atoms with E-state index < -0.39 is 0 Å². The van der Waals surface area contributed by atoms with E-state index in [1.807, 2.05) is 27.8 Å². The Morgan fingerprint density at radius 2 is 2.14 bits per heavy atom. The number of nitrogens with zero attached hydrogens (tertiary/aromatic N) is 5. The number of amides is 1. The lowest BCUT2D eigenvalue weighted by Crippen LogP contribution is -2.20. The topological polar surface area (TPSA) is 89.7 Å². The van der Waals surface area contributed by atoms with Crippen molar-refractivity contribution in [3.8, 4) is 0 Å². The van der Waals surface area contributed by atoms with Gasteiger partial charge in [0.15, 0.2) is 0 Å². The molecule has 8 heteroatoms. The molecule has 0 bridgehead atoms. The predicted octanol–water partition coefficient (Wildman–Crippen LogP) is 0.377. The van der Waals surface area contributed by atoms with Crippen LogP contribution in [0.3, 0.4) is 0 Å². The van der Waals surface area contributed by atoms with Gasteiger partial charge in [0.2, 0.25) is 5.91 Å². The van der Waals surface area contributed by atoms with Gasteiger partial charge < -0.3 is 10.6 Å². The fourth-order valence-corrected chi connectivity index (χ4v) is 2.03. The first kappa shape index (κ1) is 15.2. The van der Waals surface area contributed by atoms with E-state index in [9.17, 15) is 4.79 Å². The average Bonchev–Trinajstić information content (AvgIpc) is 2.97. The third-order valence-electron chi connectivity index (χ3n) is 3.22. The molecule has 8 nitrogen and oxygen atoms in total. The zero-order valence-electron chi connectivity index (χ0n) is 12.8. The Balaban J connectivity index is 1.97. The first-order valence-corrected chi connectivity index (χ1v) is 6.91. The summed E-state index contributed by atoms with van der Waals surface area (Å²) in [5, 5.41) is 18.3. The summed E-state index contributed by atoms with van der Waals surface area (Å²) in [5.74, 6) is -0.144. The quantitative estimate of drug-likeness (QED) is 0.803. The Morgan fingerprint density at radius 3 is 2.76 bits per heavy atom. The van der Waals surface area contributed by atoms with Crippen LogP contribution < -0.4 is 10.6 Å². The highest BCUT2D eigenvalue weighted by atomic mass is 16.2. The first-order chi connectivity index (χ1) is 10.0. The number of aryl methyl sites for hydroxylation is 2. The molecule has 0 aliphatic carbocycles. The number of nitrogens with one attached hydrogen (secondary N) is 2. The molecule has 2 aromatic heterocycles. The number of carbonyl (C=O) groups is 1. The van der Waals surface area contributed by atoms with Gasteiger partial charge in [-0.05, 0) is 20.4 Å². The van der Waals surface area contributed by atoms with E-state index in [4.69, 9.17) is 0 Å². The second-order valence-electron chi connectivity index (χ2n) is 4.91.